The Labute approximate surface area is 92.9 Å². The first-order valence-corrected chi connectivity index (χ1v) is 4.22. The van der Waals surface area contributed by atoms with E-state index in [0.29, 0.717) is 0 Å². The SMILES string of the molecule is Cc1ccc([C@H](N)C(F)(F)F)cc1C.Cl. The van der Waals surface area contributed by atoms with E-state index in [1.54, 1.807) is 13.0 Å². The van der Waals surface area contributed by atoms with Crippen LogP contribution in [0.5, 0.6) is 0 Å². The highest BCUT2D eigenvalue weighted by molar-refractivity contribution is 5.85. The zero-order chi connectivity index (χ0) is 10.9. The Hall–Kier alpha value is -0.740. The summed E-state index contributed by atoms with van der Waals surface area (Å²) in [6.07, 6.45) is -4.37. The second-order valence-electron chi connectivity index (χ2n) is 3.36. The van der Waals surface area contributed by atoms with E-state index >= 15 is 0 Å². The molecule has 0 aliphatic carbocycles. The van der Waals surface area contributed by atoms with Gasteiger partial charge in [-0.3, -0.25) is 0 Å². The normalized spacial score (nSPS) is 13.2. The predicted molar refractivity (Wildman–Crippen MR) is 56.1 cm³/mol. The van der Waals surface area contributed by atoms with Crippen molar-refractivity contribution in [2.45, 2.75) is 26.1 Å². The summed E-state index contributed by atoms with van der Waals surface area (Å²) in [5, 5.41) is 0. The molecule has 1 aromatic rings. The Bertz CT molecular complexity index is 336. The van der Waals surface area contributed by atoms with E-state index in [-0.39, 0.29) is 18.0 Å². The minimum atomic E-state index is -4.37. The first-order valence-electron chi connectivity index (χ1n) is 4.22. The monoisotopic (exact) mass is 239 g/mol. The minimum Gasteiger partial charge on any atom is -0.316 e. The lowest BCUT2D eigenvalue weighted by molar-refractivity contribution is -0.149. The van der Waals surface area contributed by atoms with Gasteiger partial charge in [-0.1, -0.05) is 18.2 Å². The first kappa shape index (κ1) is 14.3. The molecule has 0 aliphatic heterocycles. The van der Waals surface area contributed by atoms with E-state index in [4.69, 9.17) is 5.73 Å². The maximum absolute atomic E-state index is 12.2. The average Bonchev–Trinajstić information content (AvgIpc) is 2.07. The molecule has 15 heavy (non-hydrogen) atoms. The van der Waals surface area contributed by atoms with Gasteiger partial charge in [-0.2, -0.15) is 13.2 Å². The zero-order valence-electron chi connectivity index (χ0n) is 8.43. The van der Waals surface area contributed by atoms with E-state index in [1.807, 2.05) is 6.92 Å². The zero-order valence-corrected chi connectivity index (χ0v) is 9.25. The highest BCUT2D eigenvalue weighted by Gasteiger charge is 2.37. The summed E-state index contributed by atoms with van der Waals surface area (Å²) in [7, 11) is 0. The number of rotatable bonds is 1. The molecular formula is C10H13ClF3N. The van der Waals surface area contributed by atoms with Gasteiger partial charge in [0, 0.05) is 0 Å². The van der Waals surface area contributed by atoms with E-state index in [0.717, 1.165) is 11.1 Å². The highest BCUT2D eigenvalue weighted by Crippen LogP contribution is 2.30. The van der Waals surface area contributed by atoms with Gasteiger partial charge in [0.05, 0.1) is 0 Å². The van der Waals surface area contributed by atoms with Crippen molar-refractivity contribution in [1.82, 2.24) is 0 Å². The summed E-state index contributed by atoms with van der Waals surface area (Å²) in [5.41, 5.74) is 6.96. The van der Waals surface area contributed by atoms with Crippen LogP contribution in [-0.2, 0) is 0 Å². The second-order valence-corrected chi connectivity index (χ2v) is 3.36. The molecule has 0 saturated carbocycles. The molecule has 0 fully saturated rings. The molecule has 0 unspecified atom stereocenters. The maximum Gasteiger partial charge on any atom is 0.407 e. The molecule has 0 heterocycles. The number of hydrogen-bond donors (Lipinski definition) is 1. The topological polar surface area (TPSA) is 26.0 Å². The van der Waals surface area contributed by atoms with E-state index in [9.17, 15) is 13.2 Å². The summed E-state index contributed by atoms with van der Waals surface area (Å²) in [6, 6.07) is 2.66. The van der Waals surface area contributed by atoms with Crippen LogP contribution in [0.1, 0.15) is 22.7 Å². The van der Waals surface area contributed by atoms with Crippen LogP contribution < -0.4 is 5.73 Å². The number of alkyl halides is 3. The van der Waals surface area contributed by atoms with Crippen molar-refractivity contribution in [2.75, 3.05) is 0 Å². The molecule has 0 aromatic heterocycles. The molecule has 86 valence electrons. The summed E-state index contributed by atoms with van der Waals surface area (Å²) in [6.45, 7) is 3.61. The van der Waals surface area contributed by atoms with Gasteiger partial charge >= 0.3 is 6.18 Å². The Morgan fingerprint density at radius 3 is 2.07 bits per heavy atom. The van der Waals surface area contributed by atoms with Crippen molar-refractivity contribution in [3.63, 3.8) is 0 Å². The van der Waals surface area contributed by atoms with Crippen LogP contribution in [0.25, 0.3) is 0 Å². The fourth-order valence-electron chi connectivity index (χ4n) is 1.15. The van der Waals surface area contributed by atoms with E-state index in [2.05, 4.69) is 0 Å². The fourth-order valence-corrected chi connectivity index (χ4v) is 1.15. The molecule has 1 atom stereocenters. The third-order valence-electron chi connectivity index (χ3n) is 2.24. The van der Waals surface area contributed by atoms with Crippen LogP contribution in [0.2, 0.25) is 0 Å². The van der Waals surface area contributed by atoms with Crippen molar-refractivity contribution < 1.29 is 13.2 Å². The molecule has 0 bridgehead atoms. The fraction of sp³-hybridized carbons (Fsp3) is 0.400. The van der Waals surface area contributed by atoms with Crippen LogP contribution in [-0.4, -0.2) is 6.18 Å². The standard InChI is InChI=1S/C10H12F3N.ClH/c1-6-3-4-8(5-7(6)2)9(14)10(11,12)13;/h3-5,9H,14H2,1-2H3;1H/t9-;/m0./s1. The lowest BCUT2D eigenvalue weighted by atomic mass is 10.0. The number of benzene rings is 1. The van der Waals surface area contributed by atoms with Gasteiger partial charge in [0.2, 0.25) is 0 Å². The molecular weight excluding hydrogens is 227 g/mol. The Morgan fingerprint density at radius 1 is 1.13 bits per heavy atom. The van der Waals surface area contributed by atoms with Crippen molar-refractivity contribution >= 4 is 12.4 Å². The van der Waals surface area contributed by atoms with Gasteiger partial charge in [-0.05, 0) is 30.5 Å². The third kappa shape index (κ3) is 3.39. The van der Waals surface area contributed by atoms with Gasteiger partial charge < -0.3 is 5.73 Å². The Kier molecular flexibility index (Phi) is 4.62. The number of hydrogen-bond acceptors (Lipinski definition) is 1. The molecule has 2 N–H and O–H groups in total. The molecule has 0 radical (unpaired) electrons. The maximum atomic E-state index is 12.2. The predicted octanol–water partition coefficient (Wildman–Crippen LogP) is 3.29. The van der Waals surface area contributed by atoms with Crippen LogP contribution in [0.4, 0.5) is 13.2 Å². The van der Waals surface area contributed by atoms with Crippen molar-refractivity contribution in [1.29, 1.82) is 0 Å². The number of nitrogens with two attached hydrogens (primary N) is 1. The van der Waals surface area contributed by atoms with Crippen LogP contribution in [0, 0.1) is 13.8 Å². The largest absolute Gasteiger partial charge is 0.407 e. The minimum absolute atomic E-state index is 0. The van der Waals surface area contributed by atoms with Crippen molar-refractivity contribution in [2.24, 2.45) is 5.73 Å². The Balaban J connectivity index is 0.00000196. The average molecular weight is 240 g/mol. The van der Waals surface area contributed by atoms with Crippen LogP contribution in [0.15, 0.2) is 18.2 Å². The van der Waals surface area contributed by atoms with Crippen molar-refractivity contribution in [3.05, 3.63) is 34.9 Å². The summed E-state index contributed by atoms with van der Waals surface area (Å²) >= 11 is 0. The van der Waals surface area contributed by atoms with Gasteiger partial charge in [0.15, 0.2) is 0 Å². The van der Waals surface area contributed by atoms with Crippen molar-refractivity contribution in [3.8, 4) is 0 Å². The smallest absolute Gasteiger partial charge is 0.316 e. The molecule has 0 aliphatic rings. The molecule has 0 spiro atoms. The van der Waals surface area contributed by atoms with E-state index in [1.165, 1.54) is 12.1 Å². The lowest BCUT2D eigenvalue weighted by Crippen LogP contribution is -2.28. The second kappa shape index (κ2) is 4.86. The van der Waals surface area contributed by atoms with Gasteiger partial charge in [0.1, 0.15) is 6.04 Å². The van der Waals surface area contributed by atoms with Gasteiger partial charge in [0.25, 0.3) is 0 Å². The molecule has 1 aromatic carbocycles. The molecule has 5 heteroatoms. The third-order valence-corrected chi connectivity index (χ3v) is 2.24. The number of halogens is 4. The summed E-state index contributed by atoms with van der Waals surface area (Å²) < 4.78 is 36.7. The molecule has 0 amide bonds. The molecule has 0 saturated heterocycles. The van der Waals surface area contributed by atoms with Gasteiger partial charge in [-0.25, -0.2) is 0 Å². The lowest BCUT2D eigenvalue weighted by Gasteiger charge is -2.16. The first-order chi connectivity index (χ1) is 6.32. The van der Waals surface area contributed by atoms with Crippen LogP contribution in [0.3, 0.4) is 0 Å². The summed E-state index contributed by atoms with van der Waals surface area (Å²) in [5.74, 6) is 0. The van der Waals surface area contributed by atoms with E-state index < -0.39 is 12.2 Å². The molecule has 1 nitrogen and oxygen atoms in total. The Morgan fingerprint density at radius 2 is 1.67 bits per heavy atom. The quantitative estimate of drug-likeness (QED) is 0.800. The number of aryl methyl sites for hydroxylation is 2. The highest BCUT2D eigenvalue weighted by atomic mass is 35.5. The summed E-state index contributed by atoms with van der Waals surface area (Å²) in [4.78, 5) is 0. The molecule has 1 rings (SSSR count). The van der Waals surface area contributed by atoms with Gasteiger partial charge in [-0.15, -0.1) is 12.4 Å². The van der Waals surface area contributed by atoms with Crippen LogP contribution >= 0.6 is 12.4 Å².